The molecule has 1 heterocycles. The fourth-order valence-corrected chi connectivity index (χ4v) is 2.70. The van der Waals surface area contributed by atoms with E-state index in [1.165, 1.54) is 0 Å². The first-order valence-corrected chi connectivity index (χ1v) is 6.67. The molecule has 1 aliphatic heterocycles. The van der Waals surface area contributed by atoms with E-state index in [2.05, 4.69) is 4.90 Å². The summed E-state index contributed by atoms with van der Waals surface area (Å²) in [6.07, 6.45) is 1.31. The molecule has 0 amide bonds. The van der Waals surface area contributed by atoms with Gasteiger partial charge in [0.05, 0.1) is 5.41 Å². The fourth-order valence-electron chi connectivity index (χ4n) is 2.70. The van der Waals surface area contributed by atoms with Crippen molar-refractivity contribution >= 4 is 5.97 Å². The number of likely N-dealkylation sites (tertiary alicyclic amines) is 1. The number of carboxylic acid groups (broad SMARTS) is 1. The number of carboxylic acids is 1. The van der Waals surface area contributed by atoms with Gasteiger partial charge in [0.1, 0.15) is 5.82 Å². The molecular formula is C15H20FNO2. The van der Waals surface area contributed by atoms with E-state index in [1.54, 1.807) is 19.1 Å². The number of aryl methyl sites for hydroxylation is 1. The van der Waals surface area contributed by atoms with Gasteiger partial charge < -0.3 is 5.11 Å². The van der Waals surface area contributed by atoms with E-state index in [4.69, 9.17) is 0 Å². The smallest absolute Gasteiger partial charge is 0.310 e. The van der Waals surface area contributed by atoms with Gasteiger partial charge in [-0.1, -0.05) is 19.1 Å². The predicted octanol–water partition coefficient (Wildman–Crippen LogP) is 2.82. The number of aliphatic carboxylic acids is 1. The molecule has 1 unspecified atom stereocenters. The van der Waals surface area contributed by atoms with Gasteiger partial charge in [0.2, 0.25) is 0 Å². The van der Waals surface area contributed by atoms with Crippen molar-refractivity contribution in [1.82, 2.24) is 4.90 Å². The van der Waals surface area contributed by atoms with Crippen LogP contribution in [0.2, 0.25) is 0 Å². The third-order valence-corrected chi connectivity index (χ3v) is 4.21. The lowest BCUT2D eigenvalue weighted by Gasteiger charge is -2.23. The van der Waals surface area contributed by atoms with Crippen LogP contribution in [-0.4, -0.2) is 29.1 Å². The Morgan fingerprint density at radius 2 is 2.26 bits per heavy atom. The van der Waals surface area contributed by atoms with Crippen LogP contribution < -0.4 is 0 Å². The van der Waals surface area contributed by atoms with Crippen LogP contribution in [0.1, 0.15) is 30.9 Å². The average Bonchev–Trinajstić information content (AvgIpc) is 2.79. The Labute approximate surface area is 113 Å². The van der Waals surface area contributed by atoms with Crippen LogP contribution in [0.3, 0.4) is 0 Å². The van der Waals surface area contributed by atoms with E-state index in [0.717, 1.165) is 12.1 Å². The molecule has 104 valence electrons. The van der Waals surface area contributed by atoms with Gasteiger partial charge in [0.25, 0.3) is 0 Å². The first-order valence-electron chi connectivity index (χ1n) is 6.67. The van der Waals surface area contributed by atoms with Crippen molar-refractivity contribution in [2.24, 2.45) is 5.41 Å². The summed E-state index contributed by atoms with van der Waals surface area (Å²) in [7, 11) is 0. The lowest BCUT2D eigenvalue weighted by Crippen LogP contribution is -2.33. The third kappa shape index (κ3) is 2.78. The fraction of sp³-hybridized carbons (Fsp3) is 0.533. The summed E-state index contributed by atoms with van der Waals surface area (Å²) >= 11 is 0. The van der Waals surface area contributed by atoms with E-state index in [0.29, 0.717) is 31.5 Å². The second-order valence-electron chi connectivity index (χ2n) is 5.48. The summed E-state index contributed by atoms with van der Waals surface area (Å²) < 4.78 is 13.5. The molecule has 3 nitrogen and oxygen atoms in total. The first-order chi connectivity index (χ1) is 8.97. The number of hydrogen-bond donors (Lipinski definition) is 1. The quantitative estimate of drug-likeness (QED) is 0.910. The molecule has 1 atom stereocenters. The maximum atomic E-state index is 13.5. The van der Waals surface area contributed by atoms with Crippen molar-refractivity contribution in [3.63, 3.8) is 0 Å². The van der Waals surface area contributed by atoms with Crippen LogP contribution in [0, 0.1) is 18.2 Å². The molecule has 0 aromatic heterocycles. The molecule has 1 N–H and O–H groups in total. The van der Waals surface area contributed by atoms with E-state index in [9.17, 15) is 14.3 Å². The van der Waals surface area contributed by atoms with E-state index < -0.39 is 11.4 Å². The largest absolute Gasteiger partial charge is 0.481 e. The molecule has 0 spiro atoms. The van der Waals surface area contributed by atoms with Gasteiger partial charge in [-0.2, -0.15) is 0 Å². The van der Waals surface area contributed by atoms with Gasteiger partial charge in [-0.3, -0.25) is 9.69 Å². The molecule has 1 aromatic rings. The van der Waals surface area contributed by atoms with Gasteiger partial charge in [-0.25, -0.2) is 4.39 Å². The summed E-state index contributed by atoms with van der Waals surface area (Å²) in [6.45, 7) is 5.58. The minimum atomic E-state index is -0.715. The second kappa shape index (κ2) is 5.29. The molecule has 19 heavy (non-hydrogen) atoms. The lowest BCUT2D eigenvalue weighted by molar-refractivity contribution is -0.148. The Balaban J connectivity index is 2.05. The molecule has 0 radical (unpaired) electrons. The normalized spacial score (nSPS) is 23.7. The van der Waals surface area contributed by atoms with Gasteiger partial charge in [0, 0.05) is 13.1 Å². The molecule has 1 aliphatic rings. The van der Waals surface area contributed by atoms with Crippen LogP contribution in [0.25, 0.3) is 0 Å². The van der Waals surface area contributed by atoms with Crippen LogP contribution in [0.5, 0.6) is 0 Å². The molecule has 1 saturated heterocycles. The number of benzene rings is 1. The van der Waals surface area contributed by atoms with Gasteiger partial charge >= 0.3 is 5.97 Å². The molecule has 0 saturated carbocycles. The van der Waals surface area contributed by atoms with Crippen LogP contribution in [0.4, 0.5) is 4.39 Å². The van der Waals surface area contributed by atoms with E-state index in [-0.39, 0.29) is 5.82 Å². The van der Waals surface area contributed by atoms with Crippen molar-refractivity contribution in [2.75, 3.05) is 13.1 Å². The Hall–Kier alpha value is -1.42. The molecule has 2 rings (SSSR count). The molecule has 0 aliphatic carbocycles. The number of halogens is 1. The first kappa shape index (κ1) is 14.0. The SMILES string of the molecule is CCC1(C(=O)O)CCN(Cc2ccc(C)c(F)c2)C1. The highest BCUT2D eigenvalue weighted by atomic mass is 19.1. The zero-order valence-corrected chi connectivity index (χ0v) is 11.4. The molecule has 1 fully saturated rings. The summed E-state index contributed by atoms with van der Waals surface area (Å²) in [5, 5.41) is 9.34. The highest BCUT2D eigenvalue weighted by Gasteiger charge is 2.42. The van der Waals surface area contributed by atoms with Crippen molar-refractivity contribution in [2.45, 2.75) is 33.2 Å². The second-order valence-corrected chi connectivity index (χ2v) is 5.48. The Kier molecular flexibility index (Phi) is 3.90. The zero-order valence-electron chi connectivity index (χ0n) is 11.4. The maximum absolute atomic E-state index is 13.5. The Morgan fingerprint density at radius 1 is 1.53 bits per heavy atom. The third-order valence-electron chi connectivity index (χ3n) is 4.21. The molecule has 4 heteroatoms. The summed E-state index contributed by atoms with van der Waals surface area (Å²) in [6, 6.07) is 5.22. The molecule has 0 bridgehead atoms. The van der Waals surface area contributed by atoms with E-state index >= 15 is 0 Å². The molecular weight excluding hydrogens is 245 g/mol. The maximum Gasteiger partial charge on any atom is 0.310 e. The number of rotatable bonds is 4. The van der Waals surface area contributed by atoms with Crippen molar-refractivity contribution in [1.29, 1.82) is 0 Å². The van der Waals surface area contributed by atoms with Crippen molar-refractivity contribution in [3.05, 3.63) is 35.1 Å². The lowest BCUT2D eigenvalue weighted by atomic mass is 9.84. The standard InChI is InChI=1S/C15H20FNO2/c1-3-15(14(18)19)6-7-17(10-15)9-12-5-4-11(2)13(16)8-12/h4-5,8H,3,6-7,9-10H2,1-2H3,(H,18,19). The summed E-state index contributed by atoms with van der Waals surface area (Å²) in [4.78, 5) is 13.5. The van der Waals surface area contributed by atoms with Crippen molar-refractivity contribution < 1.29 is 14.3 Å². The Morgan fingerprint density at radius 3 is 2.79 bits per heavy atom. The van der Waals surface area contributed by atoms with E-state index in [1.807, 2.05) is 13.0 Å². The van der Waals surface area contributed by atoms with Gasteiger partial charge in [-0.15, -0.1) is 0 Å². The highest BCUT2D eigenvalue weighted by molar-refractivity contribution is 5.75. The topological polar surface area (TPSA) is 40.5 Å². The summed E-state index contributed by atoms with van der Waals surface area (Å²) in [5.74, 6) is -0.913. The highest BCUT2D eigenvalue weighted by Crippen LogP contribution is 2.34. The minimum Gasteiger partial charge on any atom is -0.481 e. The summed E-state index contributed by atoms with van der Waals surface area (Å²) in [5.41, 5.74) is 0.919. The zero-order chi connectivity index (χ0) is 14.0. The van der Waals surface area contributed by atoms with Gasteiger partial charge in [-0.05, 0) is 43.5 Å². The monoisotopic (exact) mass is 265 g/mol. The number of nitrogens with zero attached hydrogens (tertiary/aromatic N) is 1. The minimum absolute atomic E-state index is 0.198. The van der Waals surface area contributed by atoms with Crippen molar-refractivity contribution in [3.8, 4) is 0 Å². The van der Waals surface area contributed by atoms with Gasteiger partial charge in [0.15, 0.2) is 0 Å². The van der Waals surface area contributed by atoms with Crippen LogP contribution >= 0.6 is 0 Å². The number of hydrogen-bond acceptors (Lipinski definition) is 2. The molecule has 1 aromatic carbocycles. The number of carbonyl (C=O) groups is 1. The average molecular weight is 265 g/mol. The Bertz CT molecular complexity index is 489. The predicted molar refractivity (Wildman–Crippen MR) is 71.4 cm³/mol. The van der Waals surface area contributed by atoms with Crippen LogP contribution in [-0.2, 0) is 11.3 Å². The van der Waals surface area contributed by atoms with Crippen LogP contribution in [0.15, 0.2) is 18.2 Å².